The van der Waals surface area contributed by atoms with Gasteiger partial charge in [-0.05, 0) is 11.1 Å². The topological polar surface area (TPSA) is 70.8 Å². The van der Waals surface area contributed by atoms with E-state index in [9.17, 15) is 10.1 Å². The molecule has 1 aromatic rings. The molecule has 1 aliphatic carbocycles. The first-order valence-corrected chi connectivity index (χ1v) is 8.34. The fraction of sp³-hybridized carbons (Fsp3) is 0.556. The summed E-state index contributed by atoms with van der Waals surface area (Å²) in [5, 5.41) is 11.8. The maximum Gasteiger partial charge on any atom is 0.224 e. The van der Waals surface area contributed by atoms with Crippen molar-refractivity contribution >= 4 is 0 Å². The fourth-order valence-electron chi connectivity index (χ4n) is 4.74. The van der Waals surface area contributed by atoms with Crippen molar-refractivity contribution in [3.8, 4) is 0 Å². The minimum Gasteiger partial charge on any atom is -0.472 e. The molecule has 128 valence electrons. The van der Waals surface area contributed by atoms with Crippen molar-refractivity contribution in [3.63, 3.8) is 0 Å². The molecule has 1 saturated carbocycles. The summed E-state index contributed by atoms with van der Waals surface area (Å²) in [4.78, 5) is 11.6. The van der Waals surface area contributed by atoms with Gasteiger partial charge in [0.25, 0.3) is 0 Å². The van der Waals surface area contributed by atoms with Crippen LogP contribution in [0.5, 0.6) is 0 Å². The summed E-state index contributed by atoms with van der Waals surface area (Å²) in [6.07, 6.45) is 1.79. The molecule has 0 spiro atoms. The summed E-state index contributed by atoms with van der Waals surface area (Å²) in [6, 6.07) is 9.17. The second kappa shape index (κ2) is 6.18. The van der Waals surface area contributed by atoms with Crippen LogP contribution in [0.3, 0.4) is 0 Å². The Kier molecular flexibility index (Phi) is 4.02. The van der Waals surface area contributed by atoms with Gasteiger partial charge in [0.1, 0.15) is 0 Å². The zero-order chi connectivity index (χ0) is 16.7. The predicted molar refractivity (Wildman–Crippen MR) is 85.8 cm³/mol. The molecular formula is C18H21NO5. The van der Waals surface area contributed by atoms with E-state index in [0.29, 0.717) is 19.6 Å². The summed E-state index contributed by atoms with van der Waals surface area (Å²) in [5.41, 5.74) is 2.06. The van der Waals surface area contributed by atoms with Gasteiger partial charge < -0.3 is 14.2 Å². The SMILES string of the molecule is CO[C@@H]1OC=C2C[C@@H]([N+](=O)[O-])[C@@H](c3ccccc3)[C@@H]3COC[C@@H]1[C@H]23. The minimum absolute atomic E-state index is 0.0723. The number of hydrogen-bond donors (Lipinski definition) is 0. The van der Waals surface area contributed by atoms with E-state index in [1.807, 2.05) is 30.3 Å². The van der Waals surface area contributed by atoms with E-state index in [-0.39, 0.29) is 34.9 Å². The molecular weight excluding hydrogens is 310 g/mol. The molecule has 0 aromatic heterocycles. The summed E-state index contributed by atoms with van der Waals surface area (Å²) in [5.74, 6) is 0.233. The van der Waals surface area contributed by atoms with Crippen LogP contribution in [0.1, 0.15) is 17.9 Å². The maximum absolute atomic E-state index is 11.8. The van der Waals surface area contributed by atoms with E-state index in [2.05, 4.69) is 0 Å². The summed E-state index contributed by atoms with van der Waals surface area (Å²) >= 11 is 0. The summed E-state index contributed by atoms with van der Waals surface area (Å²) < 4.78 is 17.0. The lowest BCUT2D eigenvalue weighted by Crippen LogP contribution is -2.53. The molecule has 2 fully saturated rings. The molecule has 0 amide bonds. The highest BCUT2D eigenvalue weighted by atomic mass is 16.7. The predicted octanol–water partition coefficient (Wildman–Crippen LogP) is 2.58. The van der Waals surface area contributed by atoms with E-state index in [1.165, 1.54) is 0 Å². The fourth-order valence-corrected chi connectivity index (χ4v) is 4.74. The monoisotopic (exact) mass is 331 g/mol. The van der Waals surface area contributed by atoms with Crippen LogP contribution in [-0.4, -0.2) is 37.6 Å². The zero-order valence-corrected chi connectivity index (χ0v) is 13.5. The second-order valence-electron chi connectivity index (χ2n) is 6.82. The average molecular weight is 331 g/mol. The normalized spacial score (nSPS) is 37.8. The van der Waals surface area contributed by atoms with Gasteiger partial charge in [-0.2, -0.15) is 0 Å². The zero-order valence-electron chi connectivity index (χ0n) is 13.5. The molecule has 0 unspecified atom stereocenters. The third-order valence-corrected chi connectivity index (χ3v) is 5.68. The van der Waals surface area contributed by atoms with Gasteiger partial charge >= 0.3 is 0 Å². The van der Waals surface area contributed by atoms with Crippen LogP contribution in [0.15, 0.2) is 42.2 Å². The van der Waals surface area contributed by atoms with Crippen LogP contribution < -0.4 is 0 Å². The van der Waals surface area contributed by atoms with Crippen molar-refractivity contribution in [1.29, 1.82) is 0 Å². The van der Waals surface area contributed by atoms with Crippen molar-refractivity contribution in [2.75, 3.05) is 20.3 Å². The highest BCUT2D eigenvalue weighted by Crippen LogP contribution is 2.52. The highest BCUT2D eigenvalue weighted by Gasteiger charge is 2.55. The van der Waals surface area contributed by atoms with Crippen molar-refractivity contribution in [2.45, 2.75) is 24.7 Å². The van der Waals surface area contributed by atoms with Gasteiger partial charge in [-0.1, -0.05) is 30.3 Å². The molecule has 0 radical (unpaired) electrons. The molecule has 2 aliphatic heterocycles. The number of benzene rings is 1. The minimum atomic E-state index is -0.648. The Morgan fingerprint density at radius 2 is 1.92 bits per heavy atom. The lowest BCUT2D eigenvalue weighted by Gasteiger charge is -2.50. The summed E-state index contributed by atoms with van der Waals surface area (Å²) in [7, 11) is 1.63. The lowest BCUT2D eigenvalue weighted by molar-refractivity contribution is -0.531. The van der Waals surface area contributed by atoms with Crippen molar-refractivity contribution in [3.05, 3.63) is 57.8 Å². The van der Waals surface area contributed by atoms with E-state index in [0.717, 1.165) is 11.1 Å². The lowest BCUT2D eigenvalue weighted by atomic mass is 9.60. The third kappa shape index (κ3) is 2.41. The quantitative estimate of drug-likeness (QED) is 0.629. The number of ether oxygens (including phenoxy) is 3. The smallest absolute Gasteiger partial charge is 0.224 e. The number of nitro groups is 1. The third-order valence-electron chi connectivity index (χ3n) is 5.68. The Bertz CT molecular complexity index is 646. The maximum atomic E-state index is 11.8. The Morgan fingerprint density at radius 3 is 2.62 bits per heavy atom. The molecule has 4 rings (SSSR count). The number of methoxy groups -OCH3 is 1. The first-order valence-electron chi connectivity index (χ1n) is 8.34. The second-order valence-corrected chi connectivity index (χ2v) is 6.82. The van der Waals surface area contributed by atoms with Gasteiger partial charge in [0.2, 0.25) is 12.3 Å². The van der Waals surface area contributed by atoms with E-state index >= 15 is 0 Å². The Morgan fingerprint density at radius 1 is 1.17 bits per heavy atom. The Hall–Kier alpha value is -1.92. The van der Waals surface area contributed by atoms with Crippen LogP contribution in [0.2, 0.25) is 0 Å². The largest absolute Gasteiger partial charge is 0.472 e. The molecule has 6 atom stereocenters. The van der Waals surface area contributed by atoms with Gasteiger partial charge in [-0.3, -0.25) is 10.1 Å². The molecule has 6 heteroatoms. The van der Waals surface area contributed by atoms with Gasteiger partial charge in [0, 0.05) is 30.3 Å². The van der Waals surface area contributed by atoms with Gasteiger partial charge in [0.05, 0.1) is 31.3 Å². The molecule has 0 N–H and O–H groups in total. The molecule has 3 aliphatic rings. The first-order chi connectivity index (χ1) is 11.7. The molecule has 6 nitrogen and oxygen atoms in total. The van der Waals surface area contributed by atoms with Crippen LogP contribution >= 0.6 is 0 Å². The number of nitrogens with zero attached hydrogens (tertiary/aromatic N) is 1. The standard InChI is InChI=1S/C18H21NO5/c1-22-18-14-10-23-9-13-16(14)12(8-24-18)7-15(19(20)21)17(13)11-5-3-2-4-6-11/h2-6,8,13-18H,7,9-10H2,1H3/t13-,14-,15-,16-,17+,18-/m1/s1. The Balaban J connectivity index is 1.77. The van der Waals surface area contributed by atoms with Crippen LogP contribution in [-0.2, 0) is 14.2 Å². The van der Waals surface area contributed by atoms with Crippen molar-refractivity contribution < 1.29 is 19.1 Å². The van der Waals surface area contributed by atoms with Crippen molar-refractivity contribution in [2.24, 2.45) is 17.8 Å². The highest BCUT2D eigenvalue weighted by molar-refractivity contribution is 5.29. The van der Waals surface area contributed by atoms with Crippen LogP contribution in [0.4, 0.5) is 0 Å². The molecule has 1 aromatic carbocycles. The Labute approximate surface area is 140 Å². The molecule has 0 bridgehead atoms. The summed E-state index contributed by atoms with van der Waals surface area (Å²) in [6.45, 7) is 1.11. The van der Waals surface area contributed by atoms with Gasteiger partial charge in [-0.25, -0.2) is 0 Å². The first kappa shape index (κ1) is 15.6. The van der Waals surface area contributed by atoms with Crippen LogP contribution in [0, 0.1) is 27.9 Å². The van der Waals surface area contributed by atoms with Crippen LogP contribution in [0.25, 0.3) is 0 Å². The molecule has 1 saturated heterocycles. The average Bonchev–Trinajstić information content (AvgIpc) is 2.62. The molecule has 2 heterocycles. The van der Waals surface area contributed by atoms with Gasteiger partial charge in [0.15, 0.2) is 0 Å². The van der Waals surface area contributed by atoms with E-state index in [1.54, 1.807) is 13.4 Å². The number of rotatable bonds is 3. The van der Waals surface area contributed by atoms with E-state index < -0.39 is 6.04 Å². The molecule has 24 heavy (non-hydrogen) atoms. The number of hydrogen-bond acceptors (Lipinski definition) is 5. The van der Waals surface area contributed by atoms with Gasteiger partial charge in [-0.15, -0.1) is 0 Å². The van der Waals surface area contributed by atoms with E-state index in [4.69, 9.17) is 14.2 Å². The van der Waals surface area contributed by atoms with Crippen molar-refractivity contribution in [1.82, 2.24) is 0 Å².